The maximum absolute atomic E-state index is 13.4. The van der Waals surface area contributed by atoms with Crippen molar-refractivity contribution in [1.82, 2.24) is 10.2 Å². The van der Waals surface area contributed by atoms with Crippen molar-refractivity contribution in [2.45, 2.75) is 19.5 Å². The van der Waals surface area contributed by atoms with Gasteiger partial charge in [-0.2, -0.15) is 0 Å². The van der Waals surface area contributed by atoms with Gasteiger partial charge in [-0.1, -0.05) is 18.2 Å². The van der Waals surface area contributed by atoms with Gasteiger partial charge in [0.15, 0.2) is 0 Å². The number of hydrogen-bond acceptors (Lipinski definition) is 2. The van der Waals surface area contributed by atoms with Gasteiger partial charge in [-0.15, -0.1) is 0 Å². The van der Waals surface area contributed by atoms with Crippen molar-refractivity contribution in [3.8, 4) is 0 Å². The van der Waals surface area contributed by atoms with E-state index in [-0.39, 0.29) is 6.54 Å². The summed E-state index contributed by atoms with van der Waals surface area (Å²) in [4.78, 5) is 23.4. The lowest BCUT2D eigenvalue weighted by Gasteiger charge is -2.19. The van der Waals surface area contributed by atoms with Gasteiger partial charge in [-0.05, 0) is 13.0 Å². The molecule has 0 bridgehead atoms. The van der Waals surface area contributed by atoms with Gasteiger partial charge in [-0.25, -0.2) is 9.18 Å². The first-order valence-electron chi connectivity index (χ1n) is 5.39. The van der Waals surface area contributed by atoms with Crippen LogP contribution in [0.5, 0.6) is 0 Å². The fraction of sp³-hybridized carbons (Fsp3) is 0.333. The van der Waals surface area contributed by atoms with Gasteiger partial charge in [0.25, 0.3) is 0 Å². The van der Waals surface area contributed by atoms with Gasteiger partial charge >= 0.3 is 12.0 Å². The zero-order valence-electron chi connectivity index (χ0n) is 10.2. The van der Waals surface area contributed by atoms with Crippen LogP contribution in [0.2, 0.25) is 0 Å². The Kier molecular flexibility index (Phi) is 4.65. The maximum atomic E-state index is 13.4. The van der Waals surface area contributed by atoms with Crippen LogP contribution in [0.25, 0.3) is 0 Å². The van der Waals surface area contributed by atoms with E-state index < -0.39 is 23.9 Å². The molecule has 0 radical (unpaired) electrons. The topological polar surface area (TPSA) is 69.6 Å². The highest BCUT2D eigenvalue weighted by Crippen LogP contribution is 2.08. The predicted octanol–water partition coefficient (Wildman–Crippen LogP) is 1.44. The van der Waals surface area contributed by atoms with Gasteiger partial charge < -0.3 is 15.3 Å². The first-order valence-corrected chi connectivity index (χ1v) is 5.39. The van der Waals surface area contributed by atoms with Crippen molar-refractivity contribution >= 4 is 12.0 Å². The van der Waals surface area contributed by atoms with E-state index in [1.54, 1.807) is 18.2 Å². The summed E-state index contributed by atoms with van der Waals surface area (Å²) in [7, 11) is 1.47. The zero-order chi connectivity index (χ0) is 13.7. The molecular weight excluding hydrogens is 239 g/mol. The average Bonchev–Trinajstić information content (AvgIpc) is 2.31. The molecule has 0 saturated carbocycles. The van der Waals surface area contributed by atoms with Crippen molar-refractivity contribution < 1.29 is 19.1 Å². The van der Waals surface area contributed by atoms with Crippen LogP contribution < -0.4 is 5.32 Å². The van der Waals surface area contributed by atoms with E-state index in [2.05, 4.69) is 5.32 Å². The van der Waals surface area contributed by atoms with Crippen molar-refractivity contribution in [2.75, 3.05) is 7.05 Å². The number of aliphatic carboxylic acids is 1. The monoisotopic (exact) mass is 254 g/mol. The fourth-order valence-electron chi connectivity index (χ4n) is 1.31. The second-order valence-corrected chi connectivity index (χ2v) is 3.96. The fourth-order valence-corrected chi connectivity index (χ4v) is 1.31. The molecule has 98 valence electrons. The Morgan fingerprint density at radius 2 is 2.06 bits per heavy atom. The number of carboxylic acid groups (broad SMARTS) is 1. The van der Waals surface area contributed by atoms with Crippen molar-refractivity contribution in [3.63, 3.8) is 0 Å². The number of hydrogen-bond donors (Lipinski definition) is 2. The lowest BCUT2D eigenvalue weighted by atomic mass is 10.2. The van der Waals surface area contributed by atoms with Gasteiger partial charge in [0.1, 0.15) is 11.9 Å². The smallest absolute Gasteiger partial charge is 0.325 e. The van der Waals surface area contributed by atoms with E-state index in [0.717, 1.165) is 0 Å². The largest absolute Gasteiger partial charge is 0.480 e. The molecule has 1 rings (SSSR count). The minimum absolute atomic E-state index is 0.0743. The maximum Gasteiger partial charge on any atom is 0.325 e. The van der Waals surface area contributed by atoms with Gasteiger partial charge in [-0.3, -0.25) is 4.79 Å². The van der Waals surface area contributed by atoms with Crippen LogP contribution in [0, 0.1) is 5.82 Å². The summed E-state index contributed by atoms with van der Waals surface area (Å²) in [5.74, 6) is -1.52. The summed E-state index contributed by atoms with van der Waals surface area (Å²) >= 11 is 0. The second-order valence-electron chi connectivity index (χ2n) is 3.96. The Hall–Kier alpha value is -2.11. The van der Waals surface area contributed by atoms with E-state index in [1.165, 1.54) is 24.9 Å². The molecule has 0 aromatic heterocycles. The van der Waals surface area contributed by atoms with Crippen LogP contribution in [0.4, 0.5) is 9.18 Å². The number of rotatable bonds is 4. The molecule has 18 heavy (non-hydrogen) atoms. The number of benzene rings is 1. The standard InChI is InChI=1S/C12H15FN2O3/c1-8(11(16)17)14-12(18)15(2)7-9-5-3-4-6-10(9)13/h3-6,8H,7H2,1-2H3,(H,14,18)(H,16,17)/t8-/m0/s1. The molecule has 0 aliphatic rings. The van der Waals surface area contributed by atoms with Crippen LogP contribution in [0.15, 0.2) is 24.3 Å². The summed E-state index contributed by atoms with van der Waals surface area (Å²) in [5, 5.41) is 10.9. The lowest BCUT2D eigenvalue weighted by Crippen LogP contribution is -2.44. The SMILES string of the molecule is C[C@H](NC(=O)N(C)Cc1ccccc1F)C(=O)O. The Bertz CT molecular complexity index is 451. The van der Waals surface area contributed by atoms with Gasteiger partial charge in [0.05, 0.1) is 0 Å². The molecule has 0 saturated heterocycles. The highest BCUT2D eigenvalue weighted by molar-refractivity contribution is 5.82. The van der Waals surface area contributed by atoms with Gasteiger partial charge in [0.2, 0.25) is 0 Å². The number of amides is 2. The lowest BCUT2D eigenvalue weighted by molar-refractivity contribution is -0.138. The van der Waals surface area contributed by atoms with E-state index in [4.69, 9.17) is 5.11 Å². The van der Waals surface area contributed by atoms with Crippen LogP contribution >= 0.6 is 0 Å². The summed E-state index contributed by atoms with van der Waals surface area (Å²) in [6, 6.07) is 4.56. The average molecular weight is 254 g/mol. The molecular formula is C12H15FN2O3. The molecule has 0 aliphatic carbocycles. The molecule has 0 unspecified atom stereocenters. The number of nitrogens with zero attached hydrogens (tertiary/aromatic N) is 1. The van der Waals surface area contributed by atoms with Crippen molar-refractivity contribution in [2.24, 2.45) is 0 Å². The zero-order valence-corrected chi connectivity index (χ0v) is 10.2. The third kappa shape index (κ3) is 3.73. The predicted molar refractivity (Wildman–Crippen MR) is 63.5 cm³/mol. The summed E-state index contributed by atoms with van der Waals surface area (Å²) in [5.41, 5.74) is 0.373. The van der Waals surface area contributed by atoms with E-state index in [9.17, 15) is 14.0 Å². The second kappa shape index (κ2) is 6.00. The minimum atomic E-state index is -1.12. The number of carbonyl (C=O) groups excluding carboxylic acids is 1. The molecule has 0 aliphatic heterocycles. The normalized spacial score (nSPS) is 11.7. The Labute approximate surface area is 104 Å². The molecule has 1 aromatic rings. The van der Waals surface area contributed by atoms with Crippen molar-refractivity contribution in [3.05, 3.63) is 35.6 Å². The third-order valence-electron chi connectivity index (χ3n) is 2.42. The van der Waals surface area contributed by atoms with Crippen LogP contribution in [0.1, 0.15) is 12.5 Å². The first-order chi connectivity index (χ1) is 8.41. The molecule has 0 spiro atoms. The van der Waals surface area contributed by atoms with Crippen molar-refractivity contribution in [1.29, 1.82) is 0 Å². The molecule has 2 N–H and O–H groups in total. The molecule has 2 amide bonds. The molecule has 0 fully saturated rings. The molecule has 1 aromatic carbocycles. The van der Waals surface area contributed by atoms with E-state index in [1.807, 2.05) is 0 Å². The Morgan fingerprint density at radius 3 is 2.61 bits per heavy atom. The number of carbonyl (C=O) groups is 2. The third-order valence-corrected chi connectivity index (χ3v) is 2.42. The quantitative estimate of drug-likeness (QED) is 0.854. The van der Waals surface area contributed by atoms with E-state index >= 15 is 0 Å². The van der Waals surface area contributed by atoms with Gasteiger partial charge in [0, 0.05) is 19.2 Å². The highest BCUT2D eigenvalue weighted by Gasteiger charge is 2.17. The first kappa shape index (κ1) is 14.0. The molecule has 0 heterocycles. The highest BCUT2D eigenvalue weighted by atomic mass is 19.1. The summed E-state index contributed by atoms with van der Waals surface area (Å²) in [6.45, 7) is 1.43. The summed E-state index contributed by atoms with van der Waals surface area (Å²) < 4.78 is 13.4. The molecule has 1 atom stereocenters. The minimum Gasteiger partial charge on any atom is -0.480 e. The molecule has 6 heteroatoms. The summed E-state index contributed by atoms with van der Waals surface area (Å²) in [6.07, 6.45) is 0. The van der Waals surface area contributed by atoms with Crippen LogP contribution in [-0.4, -0.2) is 35.1 Å². The molecule has 5 nitrogen and oxygen atoms in total. The van der Waals surface area contributed by atoms with Crippen LogP contribution in [0.3, 0.4) is 0 Å². The number of nitrogens with one attached hydrogen (secondary N) is 1. The Balaban J connectivity index is 2.60. The number of urea groups is 1. The van der Waals surface area contributed by atoms with E-state index in [0.29, 0.717) is 5.56 Å². The number of halogens is 1. The van der Waals surface area contributed by atoms with Crippen LogP contribution in [-0.2, 0) is 11.3 Å². The number of carboxylic acids is 1. The Morgan fingerprint density at radius 1 is 1.44 bits per heavy atom.